The number of anilines is 1. The van der Waals surface area contributed by atoms with Crippen molar-refractivity contribution in [2.45, 2.75) is 11.3 Å². The first-order valence-corrected chi connectivity index (χ1v) is 8.37. The minimum atomic E-state index is -3.97. The largest absolute Gasteiger partial charge is 0.271 e. The molecule has 0 fully saturated rings. The summed E-state index contributed by atoms with van der Waals surface area (Å²) < 4.78 is 39.7. The van der Waals surface area contributed by atoms with Crippen molar-refractivity contribution in [2.24, 2.45) is 0 Å². The number of nitro benzene ring substituents is 1. The van der Waals surface area contributed by atoms with Gasteiger partial charge in [0.1, 0.15) is 5.82 Å². The van der Waals surface area contributed by atoms with E-state index in [0.29, 0.717) is 12.0 Å². The zero-order valence-corrected chi connectivity index (χ0v) is 13.1. The predicted octanol–water partition coefficient (Wildman–Crippen LogP) is 3.14. The first kappa shape index (κ1) is 15.7. The van der Waals surface area contributed by atoms with E-state index in [4.69, 9.17) is 11.6 Å². The van der Waals surface area contributed by atoms with E-state index in [1.54, 1.807) is 6.07 Å². The highest BCUT2D eigenvalue weighted by Gasteiger charge is 2.32. The average molecular weight is 357 g/mol. The highest BCUT2D eigenvalue weighted by molar-refractivity contribution is 7.92. The molecule has 1 aliphatic heterocycles. The molecule has 2 aromatic rings. The van der Waals surface area contributed by atoms with Gasteiger partial charge < -0.3 is 0 Å². The van der Waals surface area contributed by atoms with Crippen LogP contribution in [-0.4, -0.2) is 19.9 Å². The number of nitro groups is 1. The van der Waals surface area contributed by atoms with Crippen LogP contribution in [0.3, 0.4) is 0 Å². The van der Waals surface area contributed by atoms with Crippen LogP contribution in [0, 0.1) is 15.9 Å². The summed E-state index contributed by atoms with van der Waals surface area (Å²) in [5.41, 5.74) is 0.773. The third-order valence-corrected chi connectivity index (χ3v) is 5.71. The van der Waals surface area contributed by atoms with Crippen LogP contribution in [0.25, 0.3) is 0 Å². The molecule has 120 valence electrons. The Kier molecular flexibility index (Phi) is 3.73. The highest BCUT2D eigenvalue weighted by atomic mass is 35.5. The monoisotopic (exact) mass is 356 g/mol. The lowest BCUT2D eigenvalue weighted by atomic mass is 10.1. The molecule has 0 radical (unpaired) electrons. The molecular formula is C14H10ClFN2O4S. The summed E-state index contributed by atoms with van der Waals surface area (Å²) in [6, 6.07) is 7.22. The van der Waals surface area contributed by atoms with Crippen molar-refractivity contribution in [3.8, 4) is 0 Å². The Hall–Kier alpha value is -2.19. The van der Waals surface area contributed by atoms with E-state index in [0.717, 1.165) is 22.5 Å². The molecule has 0 atom stereocenters. The minimum Gasteiger partial charge on any atom is -0.265 e. The Labute approximate surface area is 136 Å². The van der Waals surface area contributed by atoms with Crippen molar-refractivity contribution in [3.63, 3.8) is 0 Å². The topological polar surface area (TPSA) is 80.5 Å². The molecule has 0 spiro atoms. The van der Waals surface area contributed by atoms with Crippen LogP contribution in [0.2, 0.25) is 5.02 Å². The molecule has 6 nitrogen and oxygen atoms in total. The van der Waals surface area contributed by atoms with Crippen LogP contribution in [0.1, 0.15) is 5.56 Å². The van der Waals surface area contributed by atoms with Gasteiger partial charge in [-0.25, -0.2) is 12.8 Å². The van der Waals surface area contributed by atoms with Gasteiger partial charge in [-0.15, -0.1) is 0 Å². The summed E-state index contributed by atoms with van der Waals surface area (Å²) in [6.07, 6.45) is 0.446. The number of fused-ring (bicyclic) bond motifs is 1. The van der Waals surface area contributed by atoms with Gasteiger partial charge in [-0.05, 0) is 30.2 Å². The van der Waals surface area contributed by atoms with Crippen LogP contribution in [0.15, 0.2) is 41.3 Å². The highest BCUT2D eigenvalue weighted by Crippen LogP contribution is 2.36. The Morgan fingerprint density at radius 2 is 1.96 bits per heavy atom. The number of non-ortho nitro benzene ring substituents is 1. The Morgan fingerprint density at radius 1 is 1.22 bits per heavy atom. The van der Waals surface area contributed by atoms with Crippen molar-refractivity contribution in [3.05, 3.63) is 62.9 Å². The lowest BCUT2D eigenvalue weighted by Crippen LogP contribution is -2.29. The third-order valence-electron chi connectivity index (χ3n) is 3.61. The number of sulfonamides is 1. The van der Waals surface area contributed by atoms with Crippen LogP contribution in [0.5, 0.6) is 0 Å². The molecule has 0 saturated heterocycles. The minimum absolute atomic E-state index is 0.161. The van der Waals surface area contributed by atoms with E-state index in [-0.39, 0.29) is 27.8 Å². The standard InChI is InChI=1S/C14H10ClFN2O4S/c15-12-8-11(3-4-13(12)16)23(21,22)17-6-5-9-1-2-10(18(19)20)7-14(9)17/h1-4,7-8H,5-6H2. The Balaban J connectivity index is 2.08. The second-order valence-electron chi connectivity index (χ2n) is 4.97. The molecular weight excluding hydrogens is 347 g/mol. The smallest absolute Gasteiger partial charge is 0.265 e. The number of benzene rings is 2. The fourth-order valence-electron chi connectivity index (χ4n) is 2.47. The fraction of sp³-hybridized carbons (Fsp3) is 0.143. The van der Waals surface area contributed by atoms with Gasteiger partial charge in [0.15, 0.2) is 0 Å². The molecule has 0 aliphatic carbocycles. The Bertz CT molecular complexity index is 917. The molecule has 0 amide bonds. The number of halogens is 2. The summed E-state index contributed by atoms with van der Waals surface area (Å²) in [5.74, 6) is -0.719. The van der Waals surface area contributed by atoms with Crippen LogP contribution in [-0.2, 0) is 16.4 Å². The summed E-state index contributed by atoms with van der Waals surface area (Å²) in [4.78, 5) is 10.1. The second kappa shape index (κ2) is 5.47. The van der Waals surface area contributed by atoms with E-state index in [9.17, 15) is 22.9 Å². The zero-order valence-electron chi connectivity index (χ0n) is 11.6. The van der Waals surface area contributed by atoms with E-state index < -0.39 is 20.8 Å². The van der Waals surface area contributed by atoms with Gasteiger partial charge in [-0.3, -0.25) is 14.4 Å². The number of hydrogen-bond donors (Lipinski definition) is 0. The fourth-order valence-corrected chi connectivity index (χ4v) is 4.23. The van der Waals surface area contributed by atoms with Crippen molar-refractivity contribution < 1.29 is 17.7 Å². The van der Waals surface area contributed by atoms with Crippen molar-refractivity contribution in [1.82, 2.24) is 0 Å². The summed E-state index contributed by atoms with van der Waals surface area (Å²) in [6.45, 7) is 0.161. The van der Waals surface area contributed by atoms with Crippen LogP contribution in [0.4, 0.5) is 15.8 Å². The molecule has 1 heterocycles. The van der Waals surface area contributed by atoms with Gasteiger partial charge in [-0.1, -0.05) is 17.7 Å². The van der Waals surface area contributed by atoms with Gasteiger partial charge >= 0.3 is 0 Å². The van der Waals surface area contributed by atoms with Gasteiger partial charge in [0.2, 0.25) is 0 Å². The third kappa shape index (κ3) is 2.64. The van der Waals surface area contributed by atoms with Gasteiger partial charge in [0, 0.05) is 18.7 Å². The molecule has 0 saturated carbocycles. The number of nitrogens with zero attached hydrogens (tertiary/aromatic N) is 2. The van der Waals surface area contributed by atoms with Gasteiger partial charge in [0.05, 0.1) is 20.5 Å². The molecule has 9 heteroatoms. The molecule has 23 heavy (non-hydrogen) atoms. The first-order chi connectivity index (χ1) is 10.8. The first-order valence-electron chi connectivity index (χ1n) is 6.56. The molecule has 2 aromatic carbocycles. The van der Waals surface area contributed by atoms with Crippen LogP contribution >= 0.6 is 11.6 Å². The quantitative estimate of drug-likeness (QED) is 0.625. The average Bonchev–Trinajstić information content (AvgIpc) is 2.93. The molecule has 0 N–H and O–H groups in total. The van der Waals surface area contributed by atoms with Gasteiger partial charge in [-0.2, -0.15) is 0 Å². The summed E-state index contributed by atoms with van der Waals surface area (Å²) >= 11 is 5.65. The number of hydrogen-bond acceptors (Lipinski definition) is 4. The summed E-state index contributed by atoms with van der Waals surface area (Å²) in [7, 11) is -3.97. The normalized spacial score (nSPS) is 13.9. The SMILES string of the molecule is O=[N+]([O-])c1ccc2c(c1)N(S(=O)(=O)c1ccc(F)c(Cl)c1)CC2. The number of rotatable bonds is 3. The van der Waals surface area contributed by atoms with E-state index >= 15 is 0 Å². The Morgan fingerprint density at radius 3 is 2.61 bits per heavy atom. The van der Waals surface area contributed by atoms with Crippen LogP contribution < -0.4 is 4.31 Å². The molecule has 3 rings (SSSR count). The molecule has 0 unspecified atom stereocenters. The maximum absolute atomic E-state index is 13.2. The van der Waals surface area contributed by atoms with Crippen molar-refractivity contribution in [2.75, 3.05) is 10.8 Å². The lowest BCUT2D eigenvalue weighted by Gasteiger charge is -2.19. The predicted molar refractivity (Wildman–Crippen MR) is 82.7 cm³/mol. The molecule has 1 aliphatic rings. The molecule has 0 bridgehead atoms. The van der Waals surface area contributed by atoms with E-state index in [1.165, 1.54) is 12.1 Å². The van der Waals surface area contributed by atoms with Crippen molar-refractivity contribution in [1.29, 1.82) is 0 Å². The second-order valence-corrected chi connectivity index (χ2v) is 7.24. The van der Waals surface area contributed by atoms with E-state index in [1.807, 2.05) is 0 Å². The van der Waals surface area contributed by atoms with E-state index in [2.05, 4.69) is 0 Å². The zero-order chi connectivity index (χ0) is 16.8. The lowest BCUT2D eigenvalue weighted by molar-refractivity contribution is -0.384. The van der Waals surface area contributed by atoms with Gasteiger partial charge in [0.25, 0.3) is 15.7 Å². The molecule has 0 aromatic heterocycles. The summed E-state index contributed by atoms with van der Waals surface area (Å²) in [5, 5.41) is 10.6. The van der Waals surface area contributed by atoms with Crippen molar-refractivity contribution >= 4 is 33.0 Å². The maximum atomic E-state index is 13.2. The maximum Gasteiger partial charge on any atom is 0.271 e.